The zero-order chi connectivity index (χ0) is 15.5. The van der Waals surface area contributed by atoms with Crippen LogP contribution in [0.5, 0.6) is 0 Å². The summed E-state index contributed by atoms with van der Waals surface area (Å²) >= 11 is 0. The van der Waals surface area contributed by atoms with Crippen molar-refractivity contribution in [1.29, 1.82) is 5.26 Å². The van der Waals surface area contributed by atoms with Crippen molar-refractivity contribution in [3.63, 3.8) is 0 Å². The second-order valence-corrected chi connectivity index (χ2v) is 4.60. The molecule has 0 aliphatic heterocycles. The Bertz CT molecular complexity index is 523. The van der Waals surface area contributed by atoms with Crippen molar-refractivity contribution in [1.82, 2.24) is 5.32 Å². The molecule has 0 fully saturated rings. The van der Waals surface area contributed by atoms with Gasteiger partial charge in [-0.1, -0.05) is 25.0 Å². The molecule has 6 nitrogen and oxygen atoms in total. The van der Waals surface area contributed by atoms with Crippen molar-refractivity contribution in [2.75, 3.05) is 11.9 Å². The predicted molar refractivity (Wildman–Crippen MR) is 78.9 cm³/mol. The first-order chi connectivity index (χ1) is 10.1. The van der Waals surface area contributed by atoms with E-state index < -0.39 is 5.97 Å². The first-order valence-electron chi connectivity index (χ1n) is 6.89. The van der Waals surface area contributed by atoms with Gasteiger partial charge in [-0.2, -0.15) is 5.26 Å². The van der Waals surface area contributed by atoms with Gasteiger partial charge in [0.2, 0.25) is 0 Å². The molecule has 3 N–H and O–H groups in total. The van der Waals surface area contributed by atoms with Gasteiger partial charge in [-0.25, -0.2) is 4.79 Å². The maximum atomic E-state index is 11.6. The Kier molecular flexibility index (Phi) is 7.36. The topological polar surface area (TPSA) is 102 Å². The summed E-state index contributed by atoms with van der Waals surface area (Å²) in [6.07, 6.45) is 3.37. The molecule has 0 aromatic heterocycles. The number of aliphatic carboxylic acids is 1. The molecule has 0 saturated carbocycles. The minimum atomic E-state index is -0.774. The summed E-state index contributed by atoms with van der Waals surface area (Å²) in [4.78, 5) is 22.0. The van der Waals surface area contributed by atoms with E-state index in [1.807, 2.05) is 6.07 Å². The fraction of sp³-hybridized carbons (Fsp3) is 0.400. The highest BCUT2D eigenvalue weighted by molar-refractivity contribution is 5.90. The largest absolute Gasteiger partial charge is 0.481 e. The van der Waals surface area contributed by atoms with E-state index in [9.17, 15) is 9.59 Å². The maximum Gasteiger partial charge on any atom is 0.319 e. The lowest BCUT2D eigenvalue weighted by Gasteiger charge is -2.08. The van der Waals surface area contributed by atoms with E-state index in [4.69, 9.17) is 10.4 Å². The third-order valence-corrected chi connectivity index (χ3v) is 2.90. The Morgan fingerprint density at radius 3 is 2.57 bits per heavy atom. The molecule has 0 spiro atoms. The fourth-order valence-electron chi connectivity index (χ4n) is 1.81. The zero-order valence-corrected chi connectivity index (χ0v) is 11.8. The number of carbonyl (C=O) groups excluding carboxylic acids is 1. The molecule has 2 amide bonds. The van der Waals surface area contributed by atoms with Crippen molar-refractivity contribution in [2.45, 2.75) is 32.1 Å². The summed E-state index contributed by atoms with van der Waals surface area (Å²) in [5.41, 5.74) is 0.903. The molecular weight excluding hydrogens is 270 g/mol. The SMILES string of the molecule is N#Cc1ccccc1NC(=O)NCCCCCCC(=O)O. The van der Waals surface area contributed by atoms with Gasteiger partial charge in [0, 0.05) is 13.0 Å². The van der Waals surface area contributed by atoms with Crippen LogP contribution >= 0.6 is 0 Å². The molecule has 0 atom stereocenters. The van der Waals surface area contributed by atoms with Gasteiger partial charge < -0.3 is 15.7 Å². The number of carboxylic acids is 1. The zero-order valence-electron chi connectivity index (χ0n) is 11.8. The van der Waals surface area contributed by atoms with E-state index in [1.165, 1.54) is 0 Å². The maximum absolute atomic E-state index is 11.6. The monoisotopic (exact) mass is 289 g/mol. The number of unbranched alkanes of at least 4 members (excludes halogenated alkanes) is 3. The van der Waals surface area contributed by atoms with Crippen LogP contribution in [0.15, 0.2) is 24.3 Å². The summed E-state index contributed by atoms with van der Waals surface area (Å²) in [6.45, 7) is 0.521. The van der Waals surface area contributed by atoms with E-state index in [2.05, 4.69) is 10.6 Å². The van der Waals surface area contributed by atoms with Crippen LogP contribution in [0, 0.1) is 11.3 Å². The molecule has 112 valence electrons. The van der Waals surface area contributed by atoms with E-state index in [1.54, 1.807) is 24.3 Å². The van der Waals surface area contributed by atoms with Crippen molar-refractivity contribution < 1.29 is 14.7 Å². The minimum Gasteiger partial charge on any atom is -0.481 e. The quantitative estimate of drug-likeness (QED) is 0.640. The Morgan fingerprint density at radius 2 is 1.86 bits per heavy atom. The van der Waals surface area contributed by atoms with Crippen LogP contribution in [-0.4, -0.2) is 23.7 Å². The molecule has 21 heavy (non-hydrogen) atoms. The average molecular weight is 289 g/mol. The highest BCUT2D eigenvalue weighted by Crippen LogP contribution is 2.13. The van der Waals surface area contributed by atoms with Crippen molar-refractivity contribution in [3.8, 4) is 6.07 Å². The van der Waals surface area contributed by atoms with Crippen molar-refractivity contribution >= 4 is 17.7 Å². The van der Waals surface area contributed by atoms with Crippen LogP contribution in [0.4, 0.5) is 10.5 Å². The number of anilines is 1. The molecule has 0 unspecified atom stereocenters. The van der Waals surface area contributed by atoms with Gasteiger partial charge in [0.15, 0.2) is 0 Å². The van der Waals surface area contributed by atoms with E-state index in [0.717, 1.165) is 19.3 Å². The number of carboxylic acid groups (broad SMARTS) is 1. The number of hydrogen-bond acceptors (Lipinski definition) is 3. The lowest BCUT2D eigenvalue weighted by molar-refractivity contribution is -0.137. The third kappa shape index (κ3) is 6.97. The van der Waals surface area contributed by atoms with Crippen molar-refractivity contribution in [3.05, 3.63) is 29.8 Å². The van der Waals surface area contributed by atoms with Crippen molar-refractivity contribution in [2.24, 2.45) is 0 Å². The summed E-state index contributed by atoms with van der Waals surface area (Å²) in [5, 5.41) is 22.7. The van der Waals surface area contributed by atoms with Gasteiger partial charge in [-0.05, 0) is 25.0 Å². The average Bonchev–Trinajstić information content (AvgIpc) is 2.46. The van der Waals surface area contributed by atoms with Gasteiger partial charge in [-0.15, -0.1) is 0 Å². The van der Waals surface area contributed by atoms with E-state index in [-0.39, 0.29) is 12.5 Å². The number of nitrogens with zero attached hydrogens (tertiary/aromatic N) is 1. The Hall–Kier alpha value is -2.55. The molecule has 0 aliphatic carbocycles. The van der Waals surface area contributed by atoms with Crippen LogP contribution in [-0.2, 0) is 4.79 Å². The van der Waals surface area contributed by atoms with Crippen LogP contribution in [0.3, 0.4) is 0 Å². The molecule has 6 heteroatoms. The number of benzene rings is 1. The summed E-state index contributed by atoms with van der Waals surface area (Å²) < 4.78 is 0. The number of para-hydroxylation sites is 1. The van der Waals surface area contributed by atoms with E-state index in [0.29, 0.717) is 24.2 Å². The fourth-order valence-corrected chi connectivity index (χ4v) is 1.81. The smallest absolute Gasteiger partial charge is 0.319 e. The number of hydrogen-bond donors (Lipinski definition) is 3. The number of nitriles is 1. The molecule has 1 aromatic carbocycles. The number of rotatable bonds is 8. The molecule has 1 aromatic rings. The molecule has 0 aliphatic rings. The summed E-state index contributed by atoms with van der Waals surface area (Å²) in [6, 6.07) is 8.46. The molecule has 0 radical (unpaired) electrons. The van der Waals surface area contributed by atoms with Gasteiger partial charge in [0.25, 0.3) is 0 Å². The van der Waals surface area contributed by atoms with Gasteiger partial charge in [0.1, 0.15) is 6.07 Å². The Balaban J connectivity index is 2.17. The van der Waals surface area contributed by atoms with Crippen LogP contribution < -0.4 is 10.6 Å². The summed E-state index contributed by atoms with van der Waals surface area (Å²) in [5.74, 6) is -0.774. The predicted octanol–water partition coefficient (Wildman–Crippen LogP) is 2.71. The van der Waals surface area contributed by atoms with Crippen LogP contribution in [0.2, 0.25) is 0 Å². The molecular formula is C15H19N3O3. The normalized spacial score (nSPS) is 9.67. The minimum absolute atomic E-state index is 0.193. The van der Waals surface area contributed by atoms with Gasteiger partial charge in [0.05, 0.1) is 11.3 Å². The highest BCUT2D eigenvalue weighted by atomic mass is 16.4. The third-order valence-electron chi connectivity index (χ3n) is 2.90. The van der Waals surface area contributed by atoms with Gasteiger partial charge >= 0.3 is 12.0 Å². The second-order valence-electron chi connectivity index (χ2n) is 4.60. The van der Waals surface area contributed by atoms with Crippen LogP contribution in [0.1, 0.15) is 37.7 Å². The number of amides is 2. The number of nitrogens with one attached hydrogen (secondary N) is 2. The Labute approximate surface area is 123 Å². The molecule has 1 rings (SSSR count). The lowest BCUT2D eigenvalue weighted by Crippen LogP contribution is -2.29. The summed E-state index contributed by atoms with van der Waals surface area (Å²) in [7, 11) is 0. The van der Waals surface area contributed by atoms with E-state index >= 15 is 0 Å². The second kappa shape index (κ2) is 9.37. The number of urea groups is 1. The van der Waals surface area contributed by atoms with Gasteiger partial charge in [-0.3, -0.25) is 4.79 Å². The molecule has 0 bridgehead atoms. The standard InChI is InChI=1S/C15H19N3O3/c16-11-12-7-4-5-8-13(12)18-15(21)17-10-6-2-1-3-9-14(19)20/h4-5,7-8H,1-3,6,9-10H2,(H,19,20)(H2,17,18,21). The van der Waals surface area contributed by atoms with Crippen LogP contribution in [0.25, 0.3) is 0 Å². The first kappa shape index (κ1) is 16.5. The highest BCUT2D eigenvalue weighted by Gasteiger charge is 2.05. The first-order valence-corrected chi connectivity index (χ1v) is 6.89. The number of carbonyl (C=O) groups is 2. The Morgan fingerprint density at radius 1 is 1.14 bits per heavy atom. The molecule has 0 heterocycles. The molecule has 0 saturated heterocycles. The lowest BCUT2D eigenvalue weighted by atomic mass is 10.1.